The lowest BCUT2D eigenvalue weighted by Gasteiger charge is -2.36. The summed E-state index contributed by atoms with van der Waals surface area (Å²) >= 11 is 0. The molecule has 1 aliphatic carbocycles. The van der Waals surface area contributed by atoms with Crippen LogP contribution in [0, 0.1) is 11.7 Å². The Morgan fingerprint density at radius 2 is 1.83 bits per heavy atom. The van der Waals surface area contributed by atoms with Crippen LogP contribution in [-0.2, 0) is 9.53 Å². The molecule has 8 heteroatoms. The van der Waals surface area contributed by atoms with Crippen molar-refractivity contribution in [3.63, 3.8) is 0 Å². The maximum absolute atomic E-state index is 13.1. The SMILES string of the molecule is CN=C(NCCCOCC1CC1)NCCC(=O)N1CCN(c2ccc(F)cc2)CC1. The minimum Gasteiger partial charge on any atom is -0.381 e. The van der Waals surface area contributed by atoms with Crippen molar-refractivity contribution in [2.24, 2.45) is 10.9 Å². The van der Waals surface area contributed by atoms with E-state index in [-0.39, 0.29) is 11.7 Å². The number of aliphatic imine (C=N–C) groups is 1. The summed E-state index contributed by atoms with van der Waals surface area (Å²) in [6.07, 6.45) is 4.00. The van der Waals surface area contributed by atoms with Crippen LogP contribution in [0.25, 0.3) is 0 Å². The molecule has 0 spiro atoms. The van der Waals surface area contributed by atoms with Gasteiger partial charge < -0.3 is 25.2 Å². The third-order valence-electron chi connectivity index (χ3n) is 5.49. The molecule has 1 saturated heterocycles. The molecule has 1 amide bonds. The monoisotopic (exact) mass is 419 g/mol. The third-order valence-corrected chi connectivity index (χ3v) is 5.49. The molecule has 1 aromatic carbocycles. The van der Waals surface area contributed by atoms with Gasteiger partial charge in [0.1, 0.15) is 5.82 Å². The predicted molar refractivity (Wildman–Crippen MR) is 117 cm³/mol. The molecule has 0 atom stereocenters. The summed E-state index contributed by atoms with van der Waals surface area (Å²) in [6, 6.07) is 6.52. The van der Waals surface area contributed by atoms with Crippen LogP contribution in [0.3, 0.4) is 0 Å². The zero-order valence-electron chi connectivity index (χ0n) is 17.9. The molecule has 7 nitrogen and oxygen atoms in total. The molecule has 0 aromatic heterocycles. The Labute approximate surface area is 178 Å². The zero-order chi connectivity index (χ0) is 21.2. The van der Waals surface area contributed by atoms with Crippen molar-refractivity contribution in [1.82, 2.24) is 15.5 Å². The second kappa shape index (κ2) is 11.7. The number of carbonyl (C=O) groups is 1. The molecule has 2 N–H and O–H groups in total. The number of carbonyl (C=O) groups excluding carboxylic acids is 1. The van der Waals surface area contributed by atoms with Crippen LogP contribution in [-0.4, -0.2) is 76.3 Å². The Morgan fingerprint density at radius 1 is 1.13 bits per heavy atom. The van der Waals surface area contributed by atoms with E-state index in [2.05, 4.69) is 20.5 Å². The Bertz CT molecular complexity index is 685. The van der Waals surface area contributed by atoms with Crippen LogP contribution in [0.1, 0.15) is 25.7 Å². The molecule has 1 heterocycles. The predicted octanol–water partition coefficient (Wildman–Crippen LogP) is 1.85. The Kier molecular flexibility index (Phi) is 8.74. The fourth-order valence-electron chi connectivity index (χ4n) is 3.45. The maximum atomic E-state index is 13.1. The molecule has 166 valence electrons. The highest BCUT2D eigenvalue weighted by Crippen LogP contribution is 2.28. The molecule has 1 saturated carbocycles. The van der Waals surface area contributed by atoms with Gasteiger partial charge in [-0.2, -0.15) is 0 Å². The van der Waals surface area contributed by atoms with E-state index in [0.717, 1.165) is 50.9 Å². The fraction of sp³-hybridized carbons (Fsp3) is 0.636. The van der Waals surface area contributed by atoms with Gasteiger partial charge in [0.05, 0.1) is 0 Å². The number of nitrogens with zero attached hydrogens (tertiary/aromatic N) is 3. The maximum Gasteiger partial charge on any atom is 0.224 e. The van der Waals surface area contributed by atoms with Crippen molar-refractivity contribution < 1.29 is 13.9 Å². The molecule has 30 heavy (non-hydrogen) atoms. The van der Waals surface area contributed by atoms with E-state index in [1.54, 1.807) is 19.2 Å². The molecule has 0 bridgehead atoms. The Balaban J connectivity index is 1.26. The molecule has 1 aromatic rings. The van der Waals surface area contributed by atoms with Crippen molar-refractivity contribution in [1.29, 1.82) is 0 Å². The normalized spacial score (nSPS) is 17.2. The first-order valence-corrected chi connectivity index (χ1v) is 11.0. The second-order valence-corrected chi connectivity index (χ2v) is 7.89. The summed E-state index contributed by atoms with van der Waals surface area (Å²) in [4.78, 5) is 20.8. The molecule has 2 fully saturated rings. The van der Waals surface area contributed by atoms with Crippen LogP contribution in [0.4, 0.5) is 10.1 Å². The van der Waals surface area contributed by atoms with Gasteiger partial charge >= 0.3 is 0 Å². The number of halogens is 1. The molecule has 1 aliphatic heterocycles. The molecule has 3 rings (SSSR count). The number of anilines is 1. The number of hydrogen-bond donors (Lipinski definition) is 2. The Hall–Kier alpha value is -2.35. The molecule has 0 radical (unpaired) electrons. The van der Waals surface area contributed by atoms with E-state index in [4.69, 9.17) is 4.74 Å². The van der Waals surface area contributed by atoms with Crippen LogP contribution in [0.2, 0.25) is 0 Å². The van der Waals surface area contributed by atoms with Crippen LogP contribution in [0.5, 0.6) is 0 Å². The lowest BCUT2D eigenvalue weighted by molar-refractivity contribution is -0.131. The van der Waals surface area contributed by atoms with Gasteiger partial charge in [-0.05, 0) is 49.4 Å². The van der Waals surface area contributed by atoms with Crippen molar-refractivity contribution in [3.8, 4) is 0 Å². The van der Waals surface area contributed by atoms with Crippen molar-refractivity contribution in [2.45, 2.75) is 25.7 Å². The van der Waals surface area contributed by atoms with E-state index in [0.29, 0.717) is 32.0 Å². The van der Waals surface area contributed by atoms with Crippen LogP contribution in [0.15, 0.2) is 29.3 Å². The summed E-state index contributed by atoms with van der Waals surface area (Å²) in [7, 11) is 1.73. The summed E-state index contributed by atoms with van der Waals surface area (Å²) in [6.45, 7) is 5.90. The first-order valence-electron chi connectivity index (χ1n) is 11.0. The quantitative estimate of drug-likeness (QED) is 0.344. The van der Waals surface area contributed by atoms with Gasteiger partial charge in [-0.3, -0.25) is 9.79 Å². The van der Waals surface area contributed by atoms with Crippen molar-refractivity contribution >= 4 is 17.6 Å². The number of hydrogen-bond acceptors (Lipinski definition) is 4. The third kappa shape index (κ3) is 7.48. The van der Waals surface area contributed by atoms with Gasteiger partial charge in [-0.25, -0.2) is 4.39 Å². The molecular weight excluding hydrogens is 385 g/mol. The average molecular weight is 420 g/mol. The standard InChI is InChI=1S/C22H34FN5O2/c1-24-22(25-10-2-16-30-17-18-3-4-18)26-11-9-21(29)28-14-12-27(13-15-28)20-7-5-19(23)6-8-20/h5-8,18H,2-4,9-17H2,1H3,(H2,24,25,26). The largest absolute Gasteiger partial charge is 0.381 e. The van der Waals surface area contributed by atoms with Gasteiger partial charge in [0.2, 0.25) is 5.91 Å². The number of ether oxygens (including phenoxy) is 1. The summed E-state index contributed by atoms with van der Waals surface area (Å²) in [5, 5.41) is 6.46. The van der Waals surface area contributed by atoms with E-state index in [9.17, 15) is 9.18 Å². The topological polar surface area (TPSA) is 69.2 Å². The Morgan fingerprint density at radius 3 is 2.50 bits per heavy atom. The summed E-state index contributed by atoms with van der Waals surface area (Å²) in [5.74, 6) is 1.43. The van der Waals surface area contributed by atoms with E-state index in [1.807, 2.05) is 4.90 Å². The number of amides is 1. The zero-order valence-corrected chi connectivity index (χ0v) is 17.9. The van der Waals surface area contributed by atoms with Gasteiger partial charge in [0, 0.05) is 71.6 Å². The van der Waals surface area contributed by atoms with Gasteiger partial charge in [0.25, 0.3) is 0 Å². The number of piperazine rings is 1. The smallest absolute Gasteiger partial charge is 0.224 e. The van der Waals surface area contributed by atoms with Gasteiger partial charge in [0.15, 0.2) is 5.96 Å². The van der Waals surface area contributed by atoms with E-state index in [1.165, 1.54) is 25.0 Å². The van der Waals surface area contributed by atoms with Crippen LogP contribution >= 0.6 is 0 Å². The van der Waals surface area contributed by atoms with E-state index >= 15 is 0 Å². The van der Waals surface area contributed by atoms with Gasteiger partial charge in [-0.15, -0.1) is 0 Å². The fourth-order valence-corrected chi connectivity index (χ4v) is 3.45. The van der Waals surface area contributed by atoms with Gasteiger partial charge in [-0.1, -0.05) is 0 Å². The number of guanidine groups is 1. The van der Waals surface area contributed by atoms with E-state index < -0.39 is 0 Å². The minimum absolute atomic E-state index is 0.144. The highest BCUT2D eigenvalue weighted by atomic mass is 19.1. The number of nitrogens with one attached hydrogen (secondary N) is 2. The lowest BCUT2D eigenvalue weighted by atomic mass is 10.2. The van der Waals surface area contributed by atoms with Crippen LogP contribution < -0.4 is 15.5 Å². The summed E-state index contributed by atoms with van der Waals surface area (Å²) in [5.41, 5.74) is 0.998. The lowest BCUT2D eigenvalue weighted by Crippen LogP contribution is -2.49. The first kappa shape index (κ1) is 22.3. The molecule has 0 unspecified atom stereocenters. The summed E-state index contributed by atoms with van der Waals surface area (Å²) < 4.78 is 18.7. The number of benzene rings is 1. The van der Waals surface area contributed by atoms with Crippen molar-refractivity contribution in [3.05, 3.63) is 30.1 Å². The first-order chi connectivity index (χ1) is 14.7. The highest BCUT2D eigenvalue weighted by molar-refractivity contribution is 5.81. The number of rotatable bonds is 10. The highest BCUT2D eigenvalue weighted by Gasteiger charge is 2.21. The average Bonchev–Trinajstić information content (AvgIpc) is 3.60. The second-order valence-electron chi connectivity index (χ2n) is 7.89. The molecular formula is C22H34FN5O2. The molecule has 2 aliphatic rings. The minimum atomic E-state index is -0.230. The van der Waals surface area contributed by atoms with Crippen molar-refractivity contribution in [2.75, 3.05) is 64.4 Å².